The van der Waals surface area contributed by atoms with E-state index in [1.54, 1.807) is 47.8 Å². The number of aromatic nitrogens is 2. The molecule has 0 atom stereocenters. The highest BCUT2D eigenvalue weighted by Gasteiger charge is 2.15. The van der Waals surface area contributed by atoms with Gasteiger partial charge in [-0.05, 0) is 18.6 Å². The van der Waals surface area contributed by atoms with Crippen molar-refractivity contribution in [1.82, 2.24) is 14.5 Å². The molecule has 2 rings (SSSR count). The van der Waals surface area contributed by atoms with E-state index in [2.05, 4.69) is 17.6 Å². The van der Waals surface area contributed by atoms with E-state index in [4.69, 9.17) is 5.73 Å². The Balaban J connectivity index is 2.07. The Morgan fingerprint density at radius 1 is 1.09 bits per heavy atom. The first-order chi connectivity index (χ1) is 10.9. The van der Waals surface area contributed by atoms with E-state index < -0.39 is 0 Å². The van der Waals surface area contributed by atoms with Crippen molar-refractivity contribution in [2.45, 2.75) is 19.8 Å². The molecule has 2 aromatic rings. The van der Waals surface area contributed by atoms with Gasteiger partial charge in [0.25, 0.3) is 11.8 Å². The second-order valence-corrected chi connectivity index (χ2v) is 5.56. The van der Waals surface area contributed by atoms with E-state index in [9.17, 15) is 9.59 Å². The van der Waals surface area contributed by atoms with Gasteiger partial charge in [-0.3, -0.25) is 9.59 Å². The molecule has 0 spiro atoms. The molecule has 0 unspecified atom stereocenters. The lowest BCUT2D eigenvalue weighted by atomic mass is 10.3. The number of aryl methyl sites for hydroxylation is 2. The third kappa shape index (κ3) is 3.94. The molecular weight excluding hydrogens is 294 g/mol. The molecule has 0 fully saturated rings. The highest BCUT2D eigenvalue weighted by Crippen LogP contribution is 2.16. The van der Waals surface area contributed by atoms with Crippen molar-refractivity contribution in [3.05, 3.63) is 35.9 Å². The van der Waals surface area contributed by atoms with Crippen LogP contribution in [-0.2, 0) is 14.1 Å². The zero-order valence-electron chi connectivity index (χ0n) is 13.7. The van der Waals surface area contributed by atoms with Crippen LogP contribution in [0.15, 0.2) is 24.5 Å². The molecule has 7 heteroatoms. The minimum absolute atomic E-state index is 0.149. The first-order valence-corrected chi connectivity index (χ1v) is 7.60. The average Bonchev–Trinajstić information content (AvgIpc) is 3.01. The maximum Gasteiger partial charge on any atom is 0.272 e. The SMILES string of the molecule is CCCCNC(=O)c1cc(NC(=O)c2cc(N)cn2C)cn1C. The van der Waals surface area contributed by atoms with Crippen molar-refractivity contribution >= 4 is 23.2 Å². The molecule has 2 amide bonds. The number of nitrogen functional groups attached to an aromatic ring is 1. The molecular formula is C16H23N5O2. The van der Waals surface area contributed by atoms with E-state index in [-0.39, 0.29) is 11.8 Å². The quantitative estimate of drug-likeness (QED) is 0.708. The number of hydrogen-bond donors (Lipinski definition) is 3. The number of nitrogens with one attached hydrogen (secondary N) is 2. The molecule has 0 saturated carbocycles. The molecule has 2 heterocycles. The summed E-state index contributed by atoms with van der Waals surface area (Å²) in [6.45, 7) is 2.71. The normalized spacial score (nSPS) is 10.6. The number of hydrogen-bond acceptors (Lipinski definition) is 3. The van der Waals surface area contributed by atoms with Crippen LogP contribution in [0.25, 0.3) is 0 Å². The number of carbonyl (C=O) groups is 2. The molecule has 4 N–H and O–H groups in total. The summed E-state index contributed by atoms with van der Waals surface area (Å²) in [6, 6.07) is 3.27. The maximum absolute atomic E-state index is 12.3. The van der Waals surface area contributed by atoms with Crippen LogP contribution in [0, 0.1) is 0 Å². The lowest BCUT2D eigenvalue weighted by Crippen LogP contribution is -2.26. The summed E-state index contributed by atoms with van der Waals surface area (Å²) in [5.74, 6) is -0.419. The second-order valence-electron chi connectivity index (χ2n) is 5.56. The lowest BCUT2D eigenvalue weighted by molar-refractivity contribution is 0.0944. The van der Waals surface area contributed by atoms with Gasteiger partial charge in [0.05, 0.1) is 11.4 Å². The van der Waals surface area contributed by atoms with Crippen molar-refractivity contribution in [2.75, 3.05) is 17.6 Å². The minimum atomic E-state index is -0.271. The second kappa shape index (κ2) is 7.04. The Morgan fingerprint density at radius 3 is 2.35 bits per heavy atom. The number of nitrogens with zero attached hydrogens (tertiary/aromatic N) is 2. The summed E-state index contributed by atoms with van der Waals surface area (Å²) in [7, 11) is 3.52. The van der Waals surface area contributed by atoms with E-state index in [0.29, 0.717) is 29.3 Å². The number of anilines is 2. The number of carbonyl (C=O) groups excluding carboxylic acids is 2. The fraction of sp³-hybridized carbons (Fsp3) is 0.375. The predicted octanol–water partition coefficient (Wildman–Crippen LogP) is 1.73. The van der Waals surface area contributed by atoms with Gasteiger partial charge in [-0.25, -0.2) is 0 Å². The fourth-order valence-corrected chi connectivity index (χ4v) is 2.34. The van der Waals surface area contributed by atoms with Crippen molar-refractivity contribution in [3.8, 4) is 0 Å². The van der Waals surface area contributed by atoms with E-state index in [0.717, 1.165) is 12.8 Å². The molecule has 7 nitrogen and oxygen atoms in total. The van der Waals surface area contributed by atoms with Crippen LogP contribution in [0.4, 0.5) is 11.4 Å². The first-order valence-electron chi connectivity index (χ1n) is 7.60. The highest BCUT2D eigenvalue weighted by molar-refractivity contribution is 6.04. The van der Waals surface area contributed by atoms with E-state index >= 15 is 0 Å². The van der Waals surface area contributed by atoms with Crippen LogP contribution >= 0.6 is 0 Å². The molecule has 0 aromatic carbocycles. The third-order valence-electron chi connectivity index (χ3n) is 3.57. The van der Waals surface area contributed by atoms with E-state index in [1.807, 2.05) is 0 Å². The van der Waals surface area contributed by atoms with Gasteiger partial charge in [0, 0.05) is 33.0 Å². The van der Waals surface area contributed by atoms with Crippen molar-refractivity contribution in [1.29, 1.82) is 0 Å². The lowest BCUT2D eigenvalue weighted by Gasteiger charge is -2.04. The zero-order chi connectivity index (χ0) is 17.0. The summed E-state index contributed by atoms with van der Waals surface area (Å²) >= 11 is 0. The van der Waals surface area contributed by atoms with Crippen LogP contribution in [0.3, 0.4) is 0 Å². The smallest absolute Gasteiger partial charge is 0.272 e. The topological polar surface area (TPSA) is 94.1 Å². The number of nitrogens with two attached hydrogens (primary N) is 1. The summed E-state index contributed by atoms with van der Waals surface area (Å²) < 4.78 is 3.35. The van der Waals surface area contributed by atoms with Gasteiger partial charge < -0.3 is 25.5 Å². The fourth-order valence-electron chi connectivity index (χ4n) is 2.34. The number of rotatable bonds is 6. The number of unbranched alkanes of at least 4 members (excludes halogenated alkanes) is 1. The molecule has 0 radical (unpaired) electrons. The summed E-state index contributed by atoms with van der Waals surface area (Å²) in [5, 5.41) is 5.64. The average molecular weight is 317 g/mol. The monoisotopic (exact) mass is 317 g/mol. The first kappa shape index (κ1) is 16.7. The Labute approximate surface area is 135 Å². The predicted molar refractivity (Wildman–Crippen MR) is 90.4 cm³/mol. The Bertz CT molecular complexity index is 714. The molecule has 0 aliphatic heterocycles. The van der Waals surface area contributed by atoms with Gasteiger partial charge in [0.15, 0.2) is 0 Å². The van der Waals surface area contributed by atoms with Gasteiger partial charge in [-0.2, -0.15) is 0 Å². The zero-order valence-corrected chi connectivity index (χ0v) is 13.7. The molecule has 124 valence electrons. The van der Waals surface area contributed by atoms with Gasteiger partial charge >= 0.3 is 0 Å². The van der Waals surface area contributed by atoms with Gasteiger partial charge in [-0.1, -0.05) is 13.3 Å². The van der Waals surface area contributed by atoms with Crippen LogP contribution in [0.1, 0.15) is 40.7 Å². The van der Waals surface area contributed by atoms with Gasteiger partial charge in [0.2, 0.25) is 0 Å². The summed E-state index contributed by atoms with van der Waals surface area (Å²) in [6.07, 6.45) is 5.34. The Morgan fingerprint density at radius 2 is 1.74 bits per heavy atom. The Kier molecular flexibility index (Phi) is 5.10. The van der Waals surface area contributed by atoms with Crippen molar-refractivity contribution in [3.63, 3.8) is 0 Å². The summed E-state index contributed by atoms with van der Waals surface area (Å²) in [4.78, 5) is 24.4. The van der Waals surface area contributed by atoms with Crippen molar-refractivity contribution < 1.29 is 9.59 Å². The molecule has 0 bridgehead atoms. The molecule has 0 saturated heterocycles. The van der Waals surface area contributed by atoms with E-state index in [1.165, 1.54) is 0 Å². The molecule has 0 aliphatic carbocycles. The molecule has 23 heavy (non-hydrogen) atoms. The number of amides is 2. The van der Waals surface area contributed by atoms with Crippen LogP contribution in [0.2, 0.25) is 0 Å². The Hall–Kier alpha value is -2.70. The molecule has 0 aliphatic rings. The van der Waals surface area contributed by atoms with Crippen LogP contribution in [0.5, 0.6) is 0 Å². The maximum atomic E-state index is 12.3. The third-order valence-corrected chi connectivity index (χ3v) is 3.57. The van der Waals surface area contributed by atoms with Crippen LogP contribution < -0.4 is 16.4 Å². The highest BCUT2D eigenvalue weighted by atomic mass is 16.2. The molecule has 2 aromatic heterocycles. The minimum Gasteiger partial charge on any atom is -0.397 e. The summed E-state index contributed by atoms with van der Waals surface area (Å²) in [5.41, 5.74) is 7.74. The van der Waals surface area contributed by atoms with Crippen LogP contribution in [-0.4, -0.2) is 27.5 Å². The standard InChI is InChI=1S/C16H23N5O2/c1-4-5-6-18-15(22)14-8-12(10-21(14)3)19-16(23)13-7-11(17)9-20(13)2/h7-10H,4-6,17H2,1-3H3,(H,18,22)(H,19,23). The largest absolute Gasteiger partial charge is 0.397 e. The van der Waals surface area contributed by atoms with Gasteiger partial charge in [0.1, 0.15) is 11.4 Å². The van der Waals surface area contributed by atoms with Gasteiger partial charge in [-0.15, -0.1) is 0 Å². The van der Waals surface area contributed by atoms with Crippen molar-refractivity contribution in [2.24, 2.45) is 14.1 Å².